The Morgan fingerprint density at radius 1 is 0.449 bits per heavy atom. The zero-order valence-corrected chi connectivity index (χ0v) is 42.1. The Kier molecular flexibility index (Phi) is 7.93. The molecule has 4 aliphatic heterocycles. The molecule has 2 atom stereocenters. The number of rotatable bonds is 3. The van der Waals surface area contributed by atoms with E-state index in [4.69, 9.17) is 0 Å². The Labute approximate surface area is 413 Å². The van der Waals surface area contributed by atoms with Gasteiger partial charge in [0.2, 0.25) is 0 Å². The molecule has 0 radical (unpaired) electrons. The first-order chi connectivity index (χ1) is 33.3. The van der Waals surface area contributed by atoms with Crippen LogP contribution in [0.25, 0.3) is 40.3 Å². The van der Waals surface area contributed by atoms with Crippen LogP contribution in [0.15, 0.2) is 152 Å². The summed E-state index contributed by atoms with van der Waals surface area (Å²) in [5.74, 6) is 0. The third kappa shape index (κ3) is 5.14. The van der Waals surface area contributed by atoms with E-state index in [1.807, 2.05) is 22.7 Å². The van der Waals surface area contributed by atoms with Crippen LogP contribution in [0.5, 0.6) is 0 Å². The van der Waals surface area contributed by atoms with Crippen LogP contribution in [-0.4, -0.2) is 12.3 Å². The van der Waals surface area contributed by atoms with Gasteiger partial charge in [-0.15, -0.1) is 22.7 Å². The molecule has 0 bridgehead atoms. The SMILES string of the molecule is CC(C)(C)c1ccc2c(c1)C1(C)CCCCC1(C)N2c1cc2c3c(c1)N(c1ccc4c(c1)sc1ccccc14)c1cccc4c1B3c1c(cccc1C4(C)C)N2c1ccc2c(c1)sc1ccccc12. The molecule has 15 rings (SSSR count). The second-order valence-corrected chi connectivity index (χ2v) is 25.0. The van der Waals surface area contributed by atoms with Gasteiger partial charge in [-0.25, -0.2) is 0 Å². The lowest BCUT2D eigenvalue weighted by Crippen LogP contribution is -2.67. The number of thiophene rings is 2. The maximum Gasteiger partial charge on any atom is 0.252 e. The number of hydrogen-bond donors (Lipinski definition) is 0. The molecule has 6 heterocycles. The van der Waals surface area contributed by atoms with Gasteiger partial charge >= 0.3 is 0 Å². The van der Waals surface area contributed by atoms with Gasteiger partial charge in [0.15, 0.2) is 0 Å². The van der Waals surface area contributed by atoms with Crippen molar-refractivity contribution in [1.29, 1.82) is 0 Å². The van der Waals surface area contributed by atoms with Crippen molar-refractivity contribution in [2.24, 2.45) is 0 Å². The highest BCUT2D eigenvalue weighted by atomic mass is 32.1. The molecule has 8 aromatic carbocycles. The molecular formula is C63H54BN3S2. The average Bonchev–Trinajstić information content (AvgIpc) is 3.97. The van der Waals surface area contributed by atoms with Gasteiger partial charge in [0.1, 0.15) is 0 Å². The topological polar surface area (TPSA) is 9.72 Å². The monoisotopic (exact) mass is 927 g/mol. The van der Waals surface area contributed by atoms with Crippen LogP contribution in [0, 0.1) is 0 Å². The van der Waals surface area contributed by atoms with Gasteiger partial charge in [0.25, 0.3) is 6.71 Å². The van der Waals surface area contributed by atoms with E-state index >= 15 is 0 Å². The molecular weight excluding hydrogens is 874 g/mol. The Hall–Kier alpha value is -6.34. The molecule has 0 saturated heterocycles. The molecule has 336 valence electrons. The quantitative estimate of drug-likeness (QED) is 0.164. The van der Waals surface area contributed by atoms with Crippen LogP contribution in [-0.2, 0) is 16.2 Å². The summed E-state index contributed by atoms with van der Waals surface area (Å²) in [5, 5.41) is 5.33. The second kappa shape index (κ2) is 13.5. The van der Waals surface area contributed by atoms with Crippen molar-refractivity contribution < 1.29 is 0 Å². The van der Waals surface area contributed by atoms with Crippen molar-refractivity contribution in [3.05, 3.63) is 174 Å². The van der Waals surface area contributed by atoms with Gasteiger partial charge in [0.05, 0.1) is 5.54 Å². The number of hydrogen-bond acceptors (Lipinski definition) is 5. The van der Waals surface area contributed by atoms with Gasteiger partial charge in [-0.05, 0) is 131 Å². The van der Waals surface area contributed by atoms with Gasteiger partial charge in [0, 0.05) is 96.7 Å². The fourth-order valence-corrected chi connectivity index (χ4v) is 16.6. The maximum absolute atomic E-state index is 2.83. The fraction of sp³-hybridized carbons (Fsp3) is 0.238. The van der Waals surface area contributed by atoms with E-state index < -0.39 is 0 Å². The Morgan fingerprint density at radius 2 is 0.986 bits per heavy atom. The van der Waals surface area contributed by atoms with Crippen LogP contribution in [0.1, 0.15) is 96.4 Å². The van der Waals surface area contributed by atoms with Crippen molar-refractivity contribution in [1.82, 2.24) is 0 Å². The summed E-state index contributed by atoms with van der Waals surface area (Å²) in [6, 6.07) is 59.5. The minimum absolute atomic E-state index is 0.00919. The molecule has 1 fully saturated rings. The summed E-state index contributed by atoms with van der Waals surface area (Å²) in [6.07, 6.45) is 4.81. The van der Waals surface area contributed by atoms with Gasteiger partial charge in [-0.1, -0.05) is 139 Å². The highest BCUT2D eigenvalue weighted by Crippen LogP contribution is 2.62. The average molecular weight is 928 g/mol. The Balaban J connectivity index is 1.06. The van der Waals surface area contributed by atoms with Crippen LogP contribution < -0.4 is 31.1 Å². The first-order valence-electron chi connectivity index (χ1n) is 25.2. The summed E-state index contributed by atoms with van der Waals surface area (Å²) in [4.78, 5) is 8.17. The van der Waals surface area contributed by atoms with Crippen LogP contribution in [0.2, 0.25) is 0 Å². The summed E-state index contributed by atoms with van der Waals surface area (Å²) >= 11 is 3.83. The zero-order valence-electron chi connectivity index (χ0n) is 40.5. The molecule has 1 saturated carbocycles. The largest absolute Gasteiger partial charge is 0.334 e. The minimum Gasteiger partial charge on any atom is -0.334 e. The van der Waals surface area contributed by atoms with Crippen molar-refractivity contribution in [2.75, 3.05) is 14.7 Å². The smallest absolute Gasteiger partial charge is 0.252 e. The summed E-state index contributed by atoms with van der Waals surface area (Å²) in [6.45, 7) is 17.3. The lowest BCUT2D eigenvalue weighted by atomic mass is 9.28. The molecule has 6 heteroatoms. The number of nitrogens with zero attached hydrogens (tertiary/aromatic N) is 3. The maximum atomic E-state index is 2.83. The molecule has 1 aliphatic carbocycles. The molecule has 69 heavy (non-hydrogen) atoms. The second-order valence-electron chi connectivity index (χ2n) is 22.8. The van der Waals surface area contributed by atoms with Crippen molar-refractivity contribution in [3.8, 4) is 0 Å². The Morgan fingerprint density at radius 3 is 1.55 bits per heavy atom. The minimum atomic E-state index is -0.213. The van der Waals surface area contributed by atoms with E-state index in [1.54, 1.807) is 0 Å². The molecule has 2 aromatic heterocycles. The van der Waals surface area contributed by atoms with E-state index in [1.165, 1.54) is 144 Å². The van der Waals surface area contributed by atoms with E-state index in [9.17, 15) is 0 Å². The molecule has 10 aromatic rings. The molecule has 5 aliphatic rings. The number of fused-ring (bicyclic) bond motifs is 9. The first-order valence-corrected chi connectivity index (χ1v) is 26.8. The van der Waals surface area contributed by atoms with E-state index in [2.05, 4.69) is 215 Å². The Bertz CT molecular complexity index is 3710. The van der Waals surface area contributed by atoms with Crippen LogP contribution in [0.3, 0.4) is 0 Å². The van der Waals surface area contributed by atoms with Crippen LogP contribution in [0.4, 0.5) is 45.5 Å². The van der Waals surface area contributed by atoms with Crippen molar-refractivity contribution in [3.63, 3.8) is 0 Å². The van der Waals surface area contributed by atoms with E-state index in [-0.39, 0.29) is 28.5 Å². The van der Waals surface area contributed by atoms with Crippen molar-refractivity contribution >= 4 is 132 Å². The molecule has 0 N–H and O–H groups in total. The van der Waals surface area contributed by atoms with E-state index in [0.29, 0.717) is 0 Å². The van der Waals surface area contributed by atoms with Gasteiger partial charge < -0.3 is 14.7 Å². The fourth-order valence-electron chi connectivity index (χ4n) is 14.3. The third-order valence-corrected chi connectivity index (χ3v) is 20.2. The number of anilines is 8. The lowest BCUT2D eigenvalue weighted by Gasteiger charge is -2.52. The normalized spacial score (nSPS) is 20.6. The highest BCUT2D eigenvalue weighted by molar-refractivity contribution is 7.26. The van der Waals surface area contributed by atoms with Gasteiger partial charge in [-0.2, -0.15) is 0 Å². The predicted molar refractivity (Wildman–Crippen MR) is 300 cm³/mol. The third-order valence-electron chi connectivity index (χ3n) is 17.9. The summed E-state index contributed by atoms with van der Waals surface area (Å²) in [7, 11) is 0. The van der Waals surface area contributed by atoms with E-state index in [0.717, 1.165) is 6.42 Å². The highest BCUT2D eigenvalue weighted by Gasteiger charge is 2.59. The van der Waals surface area contributed by atoms with Gasteiger partial charge in [-0.3, -0.25) is 0 Å². The first kappa shape index (κ1) is 40.5. The zero-order chi connectivity index (χ0) is 46.5. The molecule has 2 unspecified atom stereocenters. The van der Waals surface area contributed by atoms with Crippen LogP contribution >= 0.6 is 22.7 Å². The molecule has 0 amide bonds. The molecule has 3 nitrogen and oxygen atoms in total. The number of benzene rings is 8. The lowest BCUT2D eigenvalue weighted by molar-refractivity contribution is 0.195. The predicted octanol–water partition coefficient (Wildman–Crippen LogP) is 16.2. The molecule has 0 spiro atoms. The summed E-state index contributed by atoms with van der Waals surface area (Å²) in [5.41, 5.74) is 20.0. The van der Waals surface area contributed by atoms with Crippen molar-refractivity contribution in [2.45, 2.75) is 95.9 Å². The standard InChI is InChI=1S/C63H54BN3S2/c1-60(2,3)37-24-29-48-47(32-37)62(6)30-12-13-31-63(62,7)67(48)40-33-51-59-52(34-40)66(39-26-28-44-42-17-9-11-23-54(42)69-56(44)36-39)50-21-15-19-46-58(50)64(59)57-45(61(46,4)5)18-14-20-49(57)65(51)38-25-27-43-41-16-8-10-22-53(41)68-55(43)35-38/h8-11,14-29,32-36H,12-13,30-31H2,1-7H3. The summed E-state index contributed by atoms with van der Waals surface area (Å²) < 4.78 is 5.32.